The molecule has 4 rings (SSSR count). The second-order valence-electron chi connectivity index (χ2n) is 5.71. The fourth-order valence-corrected chi connectivity index (χ4v) is 2.77. The highest BCUT2D eigenvalue weighted by atomic mass is 19.1. The monoisotopic (exact) mass is 345 g/mol. The number of halogens is 1. The number of aromatic nitrogens is 3. The normalized spacial score (nSPS) is 10.7. The zero-order valence-electron chi connectivity index (χ0n) is 14.1. The highest BCUT2D eigenvalue weighted by Crippen LogP contribution is 2.30. The number of hydrogen-bond acceptors (Lipinski definition) is 5. The fourth-order valence-electron chi connectivity index (χ4n) is 2.77. The van der Waals surface area contributed by atoms with Crippen molar-refractivity contribution in [2.24, 2.45) is 0 Å². The summed E-state index contributed by atoms with van der Waals surface area (Å²) in [5, 5.41) is 7.16. The predicted octanol–water partition coefficient (Wildman–Crippen LogP) is 4.62. The Bertz CT molecular complexity index is 1070. The number of nitrogens with one attached hydrogen (secondary N) is 2. The van der Waals surface area contributed by atoms with Crippen LogP contribution in [-0.4, -0.2) is 22.0 Å². The Morgan fingerprint density at radius 2 is 1.69 bits per heavy atom. The van der Waals surface area contributed by atoms with E-state index in [0.29, 0.717) is 17.3 Å². The Balaban J connectivity index is 1.87. The lowest BCUT2D eigenvalue weighted by atomic mass is 10.2. The topological polar surface area (TPSA) is 62.7 Å². The zero-order valence-corrected chi connectivity index (χ0v) is 14.1. The van der Waals surface area contributed by atoms with E-state index >= 15 is 0 Å². The third-order valence-electron chi connectivity index (χ3n) is 4.05. The van der Waals surface area contributed by atoms with E-state index in [1.165, 1.54) is 12.1 Å². The van der Waals surface area contributed by atoms with Crippen LogP contribution in [-0.2, 0) is 0 Å². The molecular formula is C20H16FN5. The Morgan fingerprint density at radius 3 is 2.50 bits per heavy atom. The van der Waals surface area contributed by atoms with Crippen LogP contribution in [0, 0.1) is 5.82 Å². The summed E-state index contributed by atoms with van der Waals surface area (Å²) in [7, 11) is 1.79. The molecule has 0 saturated carbocycles. The SMILES string of the molecule is CNc1ccc(F)cc1Nc1nc(-c2ccncc2)nc2ccccc12. The number of para-hydroxylation sites is 1. The number of nitrogens with zero attached hydrogens (tertiary/aromatic N) is 3. The number of fused-ring (bicyclic) bond motifs is 1. The van der Waals surface area contributed by atoms with Crippen molar-refractivity contribution in [3.05, 3.63) is 72.8 Å². The minimum Gasteiger partial charge on any atom is -0.386 e. The van der Waals surface area contributed by atoms with Crippen LogP contribution in [0.2, 0.25) is 0 Å². The largest absolute Gasteiger partial charge is 0.386 e. The standard InChI is InChI=1S/C20H16FN5/c1-22-17-7-6-14(21)12-18(17)25-20-15-4-2-3-5-16(15)24-19(26-20)13-8-10-23-11-9-13/h2-12,22H,1H3,(H,24,25,26). The van der Waals surface area contributed by atoms with Gasteiger partial charge in [-0.2, -0.15) is 0 Å². The van der Waals surface area contributed by atoms with Crippen molar-refractivity contribution in [2.45, 2.75) is 0 Å². The lowest BCUT2D eigenvalue weighted by molar-refractivity contribution is 0.628. The summed E-state index contributed by atoms with van der Waals surface area (Å²) >= 11 is 0. The predicted molar refractivity (Wildman–Crippen MR) is 102 cm³/mol. The highest BCUT2D eigenvalue weighted by Gasteiger charge is 2.11. The van der Waals surface area contributed by atoms with Crippen LogP contribution < -0.4 is 10.6 Å². The lowest BCUT2D eigenvalue weighted by Gasteiger charge is -2.14. The van der Waals surface area contributed by atoms with Gasteiger partial charge in [-0.25, -0.2) is 14.4 Å². The van der Waals surface area contributed by atoms with E-state index in [1.54, 1.807) is 25.5 Å². The quantitative estimate of drug-likeness (QED) is 0.565. The van der Waals surface area contributed by atoms with Gasteiger partial charge in [0, 0.05) is 30.4 Å². The van der Waals surface area contributed by atoms with Crippen LogP contribution in [0.5, 0.6) is 0 Å². The zero-order chi connectivity index (χ0) is 17.9. The second-order valence-corrected chi connectivity index (χ2v) is 5.71. The molecule has 2 N–H and O–H groups in total. The van der Waals surface area contributed by atoms with Gasteiger partial charge < -0.3 is 10.6 Å². The van der Waals surface area contributed by atoms with Crippen LogP contribution in [0.4, 0.5) is 21.6 Å². The average Bonchev–Trinajstić information content (AvgIpc) is 2.69. The van der Waals surface area contributed by atoms with Gasteiger partial charge in [-0.15, -0.1) is 0 Å². The molecule has 0 radical (unpaired) electrons. The van der Waals surface area contributed by atoms with Crippen LogP contribution in [0.1, 0.15) is 0 Å². The van der Waals surface area contributed by atoms with E-state index < -0.39 is 0 Å². The molecule has 2 heterocycles. The van der Waals surface area contributed by atoms with Crippen molar-refractivity contribution in [3.8, 4) is 11.4 Å². The van der Waals surface area contributed by atoms with Gasteiger partial charge in [0.25, 0.3) is 0 Å². The van der Waals surface area contributed by atoms with Gasteiger partial charge in [-0.05, 0) is 42.5 Å². The number of hydrogen-bond donors (Lipinski definition) is 2. The van der Waals surface area contributed by atoms with Gasteiger partial charge >= 0.3 is 0 Å². The van der Waals surface area contributed by atoms with Crippen LogP contribution >= 0.6 is 0 Å². The molecule has 0 atom stereocenters. The molecule has 0 aliphatic heterocycles. The van der Waals surface area contributed by atoms with Gasteiger partial charge in [0.1, 0.15) is 11.6 Å². The first-order valence-corrected chi connectivity index (χ1v) is 8.16. The molecule has 0 saturated heterocycles. The first kappa shape index (κ1) is 16.0. The van der Waals surface area contributed by atoms with Crippen molar-refractivity contribution in [2.75, 3.05) is 17.7 Å². The van der Waals surface area contributed by atoms with E-state index in [1.807, 2.05) is 36.4 Å². The molecule has 26 heavy (non-hydrogen) atoms. The number of benzene rings is 2. The van der Waals surface area contributed by atoms with E-state index in [2.05, 4.69) is 25.6 Å². The maximum atomic E-state index is 13.7. The van der Waals surface area contributed by atoms with Crippen molar-refractivity contribution < 1.29 is 4.39 Å². The molecule has 4 aromatic rings. The van der Waals surface area contributed by atoms with Crippen LogP contribution in [0.15, 0.2) is 67.0 Å². The van der Waals surface area contributed by atoms with Gasteiger partial charge in [0.05, 0.1) is 16.9 Å². The molecule has 0 aliphatic rings. The molecule has 2 aromatic heterocycles. The van der Waals surface area contributed by atoms with E-state index in [9.17, 15) is 4.39 Å². The molecule has 0 aliphatic carbocycles. The molecule has 0 unspecified atom stereocenters. The Labute approximate surface area is 150 Å². The third kappa shape index (κ3) is 3.04. The number of pyridine rings is 1. The number of anilines is 3. The minimum absolute atomic E-state index is 0.320. The van der Waals surface area contributed by atoms with Gasteiger partial charge in [0.2, 0.25) is 0 Å². The van der Waals surface area contributed by atoms with Crippen LogP contribution in [0.25, 0.3) is 22.3 Å². The molecule has 2 aromatic carbocycles. The van der Waals surface area contributed by atoms with Crippen LogP contribution in [0.3, 0.4) is 0 Å². The summed E-state index contributed by atoms with van der Waals surface area (Å²) in [6.07, 6.45) is 3.40. The molecule has 0 fully saturated rings. The van der Waals surface area contributed by atoms with Gasteiger partial charge in [-0.3, -0.25) is 4.98 Å². The van der Waals surface area contributed by atoms with E-state index in [-0.39, 0.29) is 5.82 Å². The summed E-state index contributed by atoms with van der Waals surface area (Å²) in [6, 6.07) is 16.0. The molecular weight excluding hydrogens is 329 g/mol. The summed E-state index contributed by atoms with van der Waals surface area (Å²) < 4.78 is 13.7. The Hall–Kier alpha value is -3.54. The van der Waals surface area contributed by atoms with E-state index in [0.717, 1.165) is 22.2 Å². The average molecular weight is 345 g/mol. The fraction of sp³-hybridized carbons (Fsp3) is 0.0500. The maximum absolute atomic E-state index is 13.7. The molecule has 0 spiro atoms. The lowest BCUT2D eigenvalue weighted by Crippen LogP contribution is -2.02. The summed E-state index contributed by atoms with van der Waals surface area (Å²) in [6.45, 7) is 0. The van der Waals surface area contributed by atoms with Crippen molar-refractivity contribution in [1.29, 1.82) is 0 Å². The van der Waals surface area contributed by atoms with Crippen molar-refractivity contribution >= 4 is 28.1 Å². The minimum atomic E-state index is -0.320. The molecule has 128 valence electrons. The summed E-state index contributed by atoms with van der Waals surface area (Å²) in [5.74, 6) is 0.875. The first-order valence-electron chi connectivity index (χ1n) is 8.16. The molecule has 6 heteroatoms. The molecule has 0 bridgehead atoms. The molecule has 5 nitrogen and oxygen atoms in total. The second kappa shape index (κ2) is 6.76. The first-order chi connectivity index (χ1) is 12.7. The Morgan fingerprint density at radius 1 is 0.885 bits per heavy atom. The Kier molecular flexibility index (Phi) is 4.15. The summed E-state index contributed by atoms with van der Waals surface area (Å²) in [5.41, 5.74) is 3.05. The smallest absolute Gasteiger partial charge is 0.162 e. The summed E-state index contributed by atoms with van der Waals surface area (Å²) in [4.78, 5) is 13.3. The van der Waals surface area contributed by atoms with Crippen molar-refractivity contribution in [1.82, 2.24) is 15.0 Å². The van der Waals surface area contributed by atoms with Gasteiger partial charge in [0.15, 0.2) is 5.82 Å². The van der Waals surface area contributed by atoms with Crippen molar-refractivity contribution in [3.63, 3.8) is 0 Å². The molecule has 0 amide bonds. The van der Waals surface area contributed by atoms with Gasteiger partial charge in [-0.1, -0.05) is 12.1 Å². The highest BCUT2D eigenvalue weighted by molar-refractivity contribution is 5.93. The number of rotatable bonds is 4. The third-order valence-corrected chi connectivity index (χ3v) is 4.05. The maximum Gasteiger partial charge on any atom is 0.162 e. The van der Waals surface area contributed by atoms with E-state index in [4.69, 9.17) is 0 Å².